The van der Waals surface area contributed by atoms with Crippen LogP contribution in [0.25, 0.3) is 0 Å². The Morgan fingerprint density at radius 2 is 2.03 bits per heavy atom. The second kappa shape index (κ2) is 6.77. The van der Waals surface area contributed by atoms with Gasteiger partial charge in [-0.15, -0.1) is 0 Å². The van der Waals surface area contributed by atoms with Crippen molar-refractivity contribution < 1.29 is 14.6 Å². The topological polar surface area (TPSA) is 89.3 Å². The van der Waals surface area contributed by atoms with Crippen molar-refractivity contribution in [3.8, 4) is 11.5 Å². The summed E-state index contributed by atoms with van der Waals surface area (Å²) in [5.74, 6) is 1.50. The van der Waals surface area contributed by atoms with Gasteiger partial charge in [0.1, 0.15) is 23.9 Å². The Labute approximate surface area is 167 Å². The third-order valence-corrected chi connectivity index (χ3v) is 5.65. The number of aromatic nitrogens is 3. The summed E-state index contributed by atoms with van der Waals surface area (Å²) in [6, 6.07) is 14.5. The van der Waals surface area contributed by atoms with Crippen LogP contribution in [0.3, 0.4) is 0 Å². The molecule has 2 heterocycles. The number of nitrogens with zero attached hydrogens (tertiary/aromatic N) is 3. The molecule has 1 aliphatic carbocycles. The van der Waals surface area contributed by atoms with Crippen molar-refractivity contribution in [3.05, 3.63) is 77.3 Å². The van der Waals surface area contributed by atoms with Crippen LogP contribution in [0, 0.1) is 0 Å². The molecule has 0 radical (unpaired) electrons. The molecule has 146 valence electrons. The molecule has 2 N–H and O–H groups in total. The number of anilines is 1. The maximum absolute atomic E-state index is 13.3. The van der Waals surface area contributed by atoms with Crippen LogP contribution in [-0.2, 0) is 4.79 Å². The third-order valence-electron chi connectivity index (χ3n) is 5.65. The molecule has 0 fully saturated rings. The zero-order chi connectivity index (χ0) is 20.0. The van der Waals surface area contributed by atoms with Crippen LogP contribution in [-0.4, -0.2) is 32.8 Å². The molecule has 0 saturated carbocycles. The maximum Gasteiger partial charge on any atom is 0.226 e. The molecule has 0 bridgehead atoms. The first-order chi connectivity index (χ1) is 14.2. The Hall–Kier alpha value is -3.61. The van der Waals surface area contributed by atoms with Crippen LogP contribution in [0.1, 0.15) is 35.9 Å². The fourth-order valence-corrected chi connectivity index (χ4v) is 4.32. The molecule has 3 aromatic rings. The summed E-state index contributed by atoms with van der Waals surface area (Å²) >= 11 is 0. The number of ketones is 1. The molecule has 0 spiro atoms. The van der Waals surface area contributed by atoms with Crippen molar-refractivity contribution in [2.45, 2.75) is 24.8 Å². The Balaban J connectivity index is 1.61. The Morgan fingerprint density at radius 3 is 2.86 bits per heavy atom. The predicted molar refractivity (Wildman–Crippen MR) is 107 cm³/mol. The van der Waals surface area contributed by atoms with E-state index in [1.807, 2.05) is 36.4 Å². The lowest BCUT2D eigenvalue weighted by Gasteiger charge is -2.35. The highest BCUT2D eigenvalue weighted by Crippen LogP contribution is 2.45. The standard InChI is InChI=1S/C22H20N4O3/c1-29-15-6-4-5-13(9-15)21-20-17(25-22-23-12-24-26(21)22)10-14(11-19(20)28)16-7-2-3-8-18(16)27/h2-9,12,14,21,27H,10-11H2,1H3,(H,23,24,25). The zero-order valence-corrected chi connectivity index (χ0v) is 15.9. The number of carbonyl (C=O) groups is 1. The predicted octanol–water partition coefficient (Wildman–Crippen LogP) is 3.41. The van der Waals surface area contributed by atoms with Gasteiger partial charge in [0.05, 0.1) is 7.11 Å². The highest BCUT2D eigenvalue weighted by atomic mass is 16.5. The second-order valence-corrected chi connectivity index (χ2v) is 7.31. The molecule has 7 nitrogen and oxygen atoms in total. The zero-order valence-electron chi connectivity index (χ0n) is 15.9. The number of ether oxygens (including phenoxy) is 1. The lowest BCUT2D eigenvalue weighted by Crippen LogP contribution is -2.33. The van der Waals surface area contributed by atoms with E-state index in [9.17, 15) is 9.90 Å². The number of para-hydroxylation sites is 1. The first kappa shape index (κ1) is 17.5. The highest BCUT2D eigenvalue weighted by molar-refractivity contribution is 6.00. The summed E-state index contributed by atoms with van der Waals surface area (Å²) in [7, 11) is 1.62. The summed E-state index contributed by atoms with van der Waals surface area (Å²) in [6.45, 7) is 0. The van der Waals surface area contributed by atoms with Gasteiger partial charge >= 0.3 is 0 Å². The third kappa shape index (κ3) is 2.86. The number of methoxy groups -OCH3 is 1. The summed E-state index contributed by atoms with van der Waals surface area (Å²) < 4.78 is 7.12. The number of phenolic OH excluding ortho intramolecular Hbond substituents is 1. The van der Waals surface area contributed by atoms with Gasteiger partial charge in [-0.2, -0.15) is 10.1 Å². The smallest absolute Gasteiger partial charge is 0.226 e. The van der Waals surface area contributed by atoms with E-state index < -0.39 is 0 Å². The molecule has 29 heavy (non-hydrogen) atoms. The summed E-state index contributed by atoms with van der Waals surface area (Å²) in [5, 5.41) is 17.9. The first-order valence-electron chi connectivity index (χ1n) is 9.50. The van der Waals surface area contributed by atoms with Gasteiger partial charge in [0.2, 0.25) is 5.95 Å². The van der Waals surface area contributed by atoms with E-state index in [0.717, 1.165) is 22.6 Å². The fourth-order valence-electron chi connectivity index (χ4n) is 4.32. The molecule has 2 aliphatic rings. The van der Waals surface area contributed by atoms with E-state index in [1.165, 1.54) is 6.33 Å². The van der Waals surface area contributed by atoms with Gasteiger partial charge < -0.3 is 15.2 Å². The summed E-state index contributed by atoms with van der Waals surface area (Å²) in [4.78, 5) is 17.6. The number of nitrogens with one attached hydrogen (secondary N) is 1. The lowest BCUT2D eigenvalue weighted by molar-refractivity contribution is -0.116. The number of benzene rings is 2. The molecule has 2 atom stereocenters. The van der Waals surface area contributed by atoms with E-state index in [-0.39, 0.29) is 23.5 Å². The van der Waals surface area contributed by atoms with E-state index in [0.29, 0.717) is 24.4 Å². The Kier molecular flexibility index (Phi) is 4.08. The molecule has 1 aromatic heterocycles. The average molecular weight is 388 g/mol. The van der Waals surface area contributed by atoms with Gasteiger partial charge in [0, 0.05) is 23.6 Å². The average Bonchev–Trinajstić information content (AvgIpc) is 3.20. The minimum Gasteiger partial charge on any atom is -0.508 e. The maximum atomic E-state index is 13.3. The van der Waals surface area contributed by atoms with E-state index in [4.69, 9.17) is 4.74 Å². The lowest BCUT2D eigenvalue weighted by atomic mass is 9.77. The SMILES string of the molecule is COc1cccc(C2C3=C(CC(c4ccccc4O)CC3=O)Nc3ncnn32)c1. The number of phenols is 1. The van der Waals surface area contributed by atoms with Crippen molar-refractivity contribution in [3.63, 3.8) is 0 Å². The first-order valence-corrected chi connectivity index (χ1v) is 9.50. The largest absolute Gasteiger partial charge is 0.508 e. The number of aromatic hydroxyl groups is 1. The van der Waals surface area contributed by atoms with E-state index >= 15 is 0 Å². The molecular weight excluding hydrogens is 368 g/mol. The number of carbonyl (C=O) groups excluding carboxylic acids is 1. The minimum atomic E-state index is -0.364. The van der Waals surface area contributed by atoms with Gasteiger partial charge in [-0.05, 0) is 35.7 Å². The fraction of sp³-hybridized carbons (Fsp3) is 0.227. The summed E-state index contributed by atoms with van der Waals surface area (Å²) in [6.07, 6.45) is 2.44. The molecule has 5 rings (SSSR count). The monoisotopic (exact) mass is 388 g/mol. The van der Waals surface area contributed by atoms with Crippen molar-refractivity contribution >= 4 is 11.7 Å². The minimum absolute atomic E-state index is 0.0426. The quantitative estimate of drug-likeness (QED) is 0.715. The second-order valence-electron chi connectivity index (χ2n) is 7.31. The number of fused-ring (bicyclic) bond motifs is 1. The molecule has 2 aromatic carbocycles. The number of hydrogen-bond donors (Lipinski definition) is 2. The molecule has 0 saturated heterocycles. The number of hydrogen-bond acceptors (Lipinski definition) is 6. The van der Waals surface area contributed by atoms with Crippen molar-refractivity contribution in [1.29, 1.82) is 0 Å². The van der Waals surface area contributed by atoms with Crippen molar-refractivity contribution in [1.82, 2.24) is 14.8 Å². The van der Waals surface area contributed by atoms with Crippen LogP contribution in [0.2, 0.25) is 0 Å². The molecular formula is C22H20N4O3. The van der Waals surface area contributed by atoms with Crippen LogP contribution < -0.4 is 10.1 Å². The molecule has 2 unspecified atom stereocenters. The number of Topliss-reactive ketones (excluding diaryl/α,β-unsaturated/α-hetero) is 1. The van der Waals surface area contributed by atoms with Gasteiger partial charge in [-0.1, -0.05) is 30.3 Å². The van der Waals surface area contributed by atoms with Gasteiger partial charge in [-0.3, -0.25) is 4.79 Å². The van der Waals surface area contributed by atoms with Gasteiger partial charge in [0.15, 0.2) is 5.78 Å². The van der Waals surface area contributed by atoms with Crippen LogP contribution >= 0.6 is 0 Å². The molecule has 1 aliphatic heterocycles. The van der Waals surface area contributed by atoms with Crippen LogP contribution in [0.15, 0.2) is 66.1 Å². The van der Waals surface area contributed by atoms with Crippen molar-refractivity contribution in [2.24, 2.45) is 0 Å². The Morgan fingerprint density at radius 1 is 1.17 bits per heavy atom. The van der Waals surface area contributed by atoms with Crippen LogP contribution in [0.4, 0.5) is 5.95 Å². The van der Waals surface area contributed by atoms with E-state index in [2.05, 4.69) is 15.4 Å². The van der Waals surface area contributed by atoms with E-state index in [1.54, 1.807) is 23.9 Å². The van der Waals surface area contributed by atoms with Crippen LogP contribution in [0.5, 0.6) is 11.5 Å². The Bertz CT molecular complexity index is 1130. The molecule has 0 amide bonds. The molecule has 7 heteroatoms. The number of allylic oxidation sites excluding steroid dienone is 2. The van der Waals surface area contributed by atoms with Gasteiger partial charge in [-0.25, -0.2) is 4.68 Å². The highest BCUT2D eigenvalue weighted by Gasteiger charge is 2.39. The number of rotatable bonds is 3. The summed E-state index contributed by atoms with van der Waals surface area (Å²) in [5.41, 5.74) is 3.24. The normalized spacial score (nSPS) is 20.7. The van der Waals surface area contributed by atoms with Gasteiger partial charge in [0.25, 0.3) is 0 Å². The van der Waals surface area contributed by atoms with Crippen molar-refractivity contribution in [2.75, 3.05) is 12.4 Å².